The number of nitrogens with zero attached hydrogens (tertiary/aromatic N) is 4. The zero-order valence-electron chi connectivity index (χ0n) is 23.6. The number of hydrogen-bond donors (Lipinski definition) is 2. The molecular formula is C30H52N6O2. The van der Waals surface area contributed by atoms with Crippen molar-refractivity contribution < 1.29 is 11.7 Å². The second-order valence-electron chi connectivity index (χ2n) is 11.0. The molecular weight excluding hydrogens is 476 g/mol. The van der Waals surface area contributed by atoms with Crippen LogP contribution < -0.4 is 11.2 Å². The number of hydrogen-bond acceptors (Lipinski definition) is 6. The topological polar surface area (TPSA) is 109 Å². The molecule has 4 rings (SSSR count). The van der Waals surface area contributed by atoms with Crippen LogP contribution in [0.1, 0.15) is 92.3 Å². The van der Waals surface area contributed by atoms with Crippen LogP contribution in [0.2, 0.25) is 0 Å². The van der Waals surface area contributed by atoms with Gasteiger partial charge in [0.2, 0.25) is 0 Å². The maximum atomic E-state index is 13.6. The maximum absolute atomic E-state index is 13.6. The van der Waals surface area contributed by atoms with Crippen LogP contribution in [0, 0.1) is 5.92 Å². The van der Waals surface area contributed by atoms with Crippen molar-refractivity contribution in [2.45, 2.75) is 96.9 Å². The minimum Gasteiger partial charge on any atom is -0.412 e. The molecule has 1 saturated carbocycles. The van der Waals surface area contributed by atoms with Crippen LogP contribution in [0.5, 0.6) is 0 Å². The van der Waals surface area contributed by atoms with Crippen molar-refractivity contribution in [3.8, 4) is 0 Å². The molecule has 0 bridgehead atoms. The molecule has 8 heteroatoms. The van der Waals surface area contributed by atoms with Gasteiger partial charge in [-0.25, -0.2) is 15.8 Å². The van der Waals surface area contributed by atoms with Crippen LogP contribution in [0.4, 0.5) is 0 Å². The van der Waals surface area contributed by atoms with Gasteiger partial charge in [0.25, 0.3) is 5.91 Å². The number of unbranched alkanes of at least 4 members (excludes halogenated alkanes) is 1. The first-order valence-electron chi connectivity index (χ1n) is 14.8. The van der Waals surface area contributed by atoms with Crippen molar-refractivity contribution in [3.63, 3.8) is 0 Å². The lowest BCUT2D eigenvalue weighted by atomic mass is 10.1. The quantitative estimate of drug-likeness (QED) is 0.244. The Labute approximate surface area is 231 Å². The molecule has 4 aliphatic rings. The number of likely N-dealkylation sites (tertiary alicyclic amines) is 2. The maximum Gasteiger partial charge on any atom is 0.272 e. The Morgan fingerprint density at radius 3 is 2.58 bits per heavy atom. The first kappa shape index (κ1) is 30.0. The molecule has 0 aromatic carbocycles. The minimum atomic E-state index is 0. The molecule has 5 N–H and O–H groups in total. The van der Waals surface area contributed by atoms with Gasteiger partial charge in [-0.15, -0.1) is 0 Å². The first-order chi connectivity index (χ1) is 18.1. The third-order valence-electron chi connectivity index (χ3n) is 7.88. The lowest BCUT2D eigenvalue weighted by molar-refractivity contribution is -0.125. The average Bonchev–Trinajstić information content (AvgIpc) is 3.76. The van der Waals surface area contributed by atoms with E-state index in [4.69, 9.17) is 10.8 Å². The molecule has 38 heavy (non-hydrogen) atoms. The van der Waals surface area contributed by atoms with Crippen molar-refractivity contribution in [1.29, 1.82) is 0 Å². The number of allylic oxidation sites excluding steroid dienone is 4. The Balaban J connectivity index is 0.00000267. The molecule has 1 aliphatic carbocycles. The monoisotopic (exact) mass is 528 g/mol. The van der Waals surface area contributed by atoms with Gasteiger partial charge in [-0.1, -0.05) is 31.9 Å². The molecule has 3 aliphatic heterocycles. The van der Waals surface area contributed by atoms with E-state index in [1.165, 1.54) is 37.8 Å². The number of nitrogens with two attached hydrogens (primary N) is 1. The Kier molecular flexibility index (Phi) is 11.9. The lowest BCUT2D eigenvalue weighted by Crippen LogP contribution is -2.47. The average molecular weight is 529 g/mol. The van der Waals surface area contributed by atoms with E-state index in [2.05, 4.69) is 48.4 Å². The highest BCUT2D eigenvalue weighted by Crippen LogP contribution is 2.28. The summed E-state index contributed by atoms with van der Waals surface area (Å²) >= 11 is 0. The van der Waals surface area contributed by atoms with E-state index in [0.717, 1.165) is 82.9 Å². The van der Waals surface area contributed by atoms with Gasteiger partial charge in [0, 0.05) is 45.4 Å². The molecule has 2 saturated heterocycles. The normalized spacial score (nSPS) is 24.2. The van der Waals surface area contributed by atoms with E-state index >= 15 is 0 Å². The van der Waals surface area contributed by atoms with Crippen molar-refractivity contribution in [3.05, 3.63) is 47.7 Å². The van der Waals surface area contributed by atoms with Crippen LogP contribution in [0.3, 0.4) is 0 Å². The molecule has 1 unspecified atom stereocenters. The highest BCUT2D eigenvalue weighted by Gasteiger charge is 2.30. The second kappa shape index (κ2) is 15.1. The fraction of sp³-hybridized carbons (Fsp3) is 0.667. The zero-order valence-corrected chi connectivity index (χ0v) is 23.6. The van der Waals surface area contributed by atoms with Crippen LogP contribution in [-0.4, -0.2) is 64.1 Å². The summed E-state index contributed by atoms with van der Waals surface area (Å²) < 4.78 is 0. The third-order valence-corrected chi connectivity index (χ3v) is 7.88. The summed E-state index contributed by atoms with van der Waals surface area (Å²) in [6.07, 6.45) is 24.2. The SMILES string of the molecule is CC/C=C(\C=C/CC/C=C1/N=C(C(=O)N2CCCCCC2C)C=C(N2CCCCC2)N1N)NCC1CC1.O.[HH]. The number of hydrazine groups is 1. The first-order valence-corrected chi connectivity index (χ1v) is 14.8. The number of piperidine rings is 1. The fourth-order valence-corrected chi connectivity index (χ4v) is 5.38. The van der Waals surface area contributed by atoms with E-state index in [9.17, 15) is 4.79 Å². The summed E-state index contributed by atoms with van der Waals surface area (Å²) in [5.74, 6) is 9.09. The molecule has 8 nitrogen and oxygen atoms in total. The van der Waals surface area contributed by atoms with Gasteiger partial charge in [-0.2, -0.15) is 0 Å². The summed E-state index contributed by atoms with van der Waals surface area (Å²) in [7, 11) is 0. The fourth-order valence-electron chi connectivity index (χ4n) is 5.38. The van der Waals surface area contributed by atoms with Crippen LogP contribution in [0.15, 0.2) is 52.7 Å². The molecule has 1 atom stereocenters. The summed E-state index contributed by atoms with van der Waals surface area (Å²) in [4.78, 5) is 22.8. The molecule has 3 fully saturated rings. The minimum absolute atomic E-state index is 0. The number of amides is 1. The van der Waals surface area contributed by atoms with E-state index in [1.54, 1.807) is 5.01 Å². The van der Waals surface area contributed by atoms with Crippen LogP contribution >= 0.6 is 0 Å². The predicted octanol–water partition coefficient (Wildman–Crippen LogP) is 4.63. The highest BCUT2D eigenvalue weighted by atomic mass is 16.2. The van der Waals surface area contributed by atoms with Gasteiger partial charge in [-0.3, -0.25) is 4.79 Å². The molecule has 0 aromatic rings. The smallest absolute Gasteiger partial charge is 0.272 e. The summed E-state index contributed by atoms with van der Waals surface area (Å²) in [5.41, 5.74) is 1.74. The van der Waals surface area contributed by atoms with Crippen molar-refractivity contribution >= 4 is 11.6 Å². The van der Waals surface area contributed by atoms with Crippen LogP contribution in [0.25, 0.3) is 0 Å². The lowest BCUT2D eigenvalue weighted by Gasteiger charge is -2.38. The number of rotatable bonds is 10. The number of nitrogens with one attached hydrogen (secondary N) is 1. The summed E-state index contributed by atoms with van der Waals surface area (Å²) in [6, 6.07) is 0.247. The van der Waals surface area contributed by atoms with Gasteiger partial charge in [0.05, 0.1) is 0 Å². The van der Waals surface area contributed by atoms with Gasteiger partial charge in [0.1, 0.15) is 17.4 Å². The van der Waals surface area contributed by atoms with Crippen molar-refractivity contribution in [1.82, 2.24) is 20.1 Å². The predicted molar refractivity (Wildman–Crippen MR) is 158 cm³/mol. The van der Waals surface area contributed by atoms with Crippen molar-refractivity contribution in [2.24, 2.45) is 16.8 Å². The molecule has 214 valence electrons. The summed E-state index contributed by atoms with van der Waals surface area (Å²) in [6.45, 7) is 8.17. The second-order valence-corrected chi connectivity index (χ2v) is 11.0. The Hall–Kier alpha value is -2.58. The van der Waals surface area contributed by atoms with E-state index in [1.807, 2.05) is 11.0 Å². The molecule has 0 aromatic heterocycles. The van der Waals surface area contributed by atoms with Crippen LogP contribution in [-0.2, 0) is 4.79 Å². The van der Waals surface area contributed by atoms with Gasteiger partial charge in [-0.05, 0) is 89.2 Å². The van der Waals surface area contributed by atoms with E-state index in [0.29, 0.717) is 11.5 Å². The summed E-state index contributed by atoms with van der Waals surface area (Å²) in [5, 5.41) is 5.27. The molecule has 0 spiro atoms. The molecule has 1 amide bonds. The number of aliphatic imine (C=N–C) groups is 1. The Morgan fingerprint density at radius 2 is 1.84 bits per heavy atom. The standard InChI is InChI=1S/C30H48N6O.H2O.H2/c1-3-13-26(32-23-25-17-18-25)15-8-4-9-16-28-33-27(30(37)35-21-12-5-7-14-24(35)2)22-29(36(28)31)34-19-10-6-11-20-34;;/h8,13,15-16,22,24-25,32H,3-7,9-12,14,17-21,23,31H2,1-2H3;1H2;1H/b15-8-,26-13+,28-16-;;. The number of carbonyl (C=O) groups is 1. The van der Waals surface area contributed by atoms with Gasteiger partial charge < -0.3 is 20.6 Å². The zero-order chi connectivity index (χ0) is 26.0. The molecule has 3 heterocycles. The largest absolute Gasteiger partial charge is 0.412 e. The molecule has 0 radical (unpaired) electrons. The van der Waals surface area contributed by atoms with E-state index in [-0.39, 0.29) is 18.9 Å². The third kappa shape index (κ3) is 8.46. The Bertz CT molecular complexity index is 934. The van der Waals surface area contributed by atoms with Gasteiger partial charge >= 0.3 is 0 Å². The Morgan fingerprint density at radius 1 is 1.11 bits per heavy atom. The van der Waals surface area contributed by atoms with Crippen molar-refractivity contribution in [2.75, 3.05) is 26.2 Å². The van der Waals surface area contributed by atoms with E-state index < -0.39 is 0 Å². The highest BCUT2D eigenvalue weighted by molar-refractivity contribution is 6.43. The number of carbonyl (C=O) groups excluding carboxylic acids is 1. The van der Waals surface area contributed by atoms with Gasteiger partial charge in [0.15, 0.2) is 0 Å².